The summed E-state index contributed by atoms with van der Waals surface area (Å²) in [6, 6.07) is 11.1. The Morgan fingerprint density at radius 3 is 2.32 bits per heavy atom. The van der Waals surface area contributed by atoms with E-state index >= 15 is 0 Å². The number of amides is 3. The monoisotopic (exact) mass is 567 g/mol. The number of aryl methyl sites for hydroxylation is 1. The quantitative estimate of drug-likeness (QED) is 0.239. The van der Waals surface area contributed by atoms with Crippen LogP contribution in [-0.2, 0) is 18.0 Å². The summed E-state index contributed by atoms with van der Waals surface area (Å²) in [7, 11) is 1.78. The van der Waals surface area contributed by atoms with Gasteiger partial charge in [0.15, 0.2) is 5.82 Å². The fourth-order valence-corrected chi connectivity index (χ4v) is 4.12. The molecule has 0 aliphatic heterocycles. The standard InChI is InChI=1S/C27H21F4N7O3/c1-15(39)37(24-13-36(2)14-33-24)26-34-21-10-8-19(12-22(21)35-26)41-18-6-4-17(5-7-18)38(25(32)40)23-11-16(27(29,30)31)3-9-20(23)28/h3-14H,1-2H3,(H2,32,40)(H,34,35). The lowest BCUT2D eigenvalue weighted by molar-refractivity contribution is -0.137. The second-order valence-electron chi connectivity index (χ2n) is 8.92. The van der Waals surface area contributed by atoms with Crippen molar-refractivity contribution in [3.05, 3.63) is 84.6 Å². The maximum absolute atomic E-state index is 14.5. The van der Waals surface area contributed by atoms with E-state index in [-0.39, 0.29) is 17.5 Å². The molecule has 2 heterocycles. The Morgan fingerprint density at radius 2 is 1.71 bits per heavy atom. The average molecular weight is 568 g/mol. The van der Waals surface area contributed by atoms with E-state index in [1.54, 1.807) is 42.3 Å². The number of carbonyl (C=O) groups is 2. The minimum absolute atomic E-state index is 0.0237. The van der Waals surface area contributed by atoms with Crippen LogP contribution in [0.1, 0.15) is 12.5 Å². The molecule has 0 aliphatic carbocycles. The van der Waals surface area contributed by atoms with Gasteiger partial charge in [-0.05, 0) is 54.6 Å². The summed E-state index contributed by atoms with van der Waals surface area (Å²) in [5, 5.41) is 0. The van der Waals surface area contributed by atoms with E-state index in [9.17, 15) is 27.2 Å². The van der Waals surface area contributed by atoms with Crippen LogP contribution < -0.4 is 20.3 Å². The molecule has 0 spiro atoms. The molecule has 5 aromatic rings. The van der Waals surface area contributed by atoms with E-state index in [1.807, 2.05) is 0 Å². The Morgan fingerprint density at radius 1 is 1.00 bits per heavy atom. The van der Waals surface area contributed by atoms with Crippen molar-refractivity contribution >= 4 is 46.1 Å². The fraction of sp³-hybridized carbons (Fsp3) is 0.111. The van der Waals surface area contributed by atoms with Crippen LogP contribution in [0.4, 0.5) is 45.5 Å². The van der Waals surface area contributed by atoms with Gasteiger partial charge in [0, 0.05) is 26.2 Å². The highest BCUT2D eigenvalue weighted by atomic mass is 19.4. The first-order valence-electron chi connectivity index (χ1n) is 11.9. The molecule has 2 aromatic heterocycles. The first kappa shape index (κ1) is 27.2. The molecular weight excluding hydrogens is 546 g/mol. The van der Waals surface area contributed by atoms with Gasteiger partial charge in [0.2, 0.25) is 11.9 Å². The Bertz CT molecular complexity index is 1760. The average Bonchev–Trinajstić information content (AvgIpc) is 3.51. The van der Waals surface area contributed by atoms with Gasteiger partial charge in [-0.3, -0.25) is 9.69 Å². The van der Waals surface area contributed by atoms with E-state index in [0.717, 1.165) is 0 Å². The highest BCUT2D eigenvalue weighted by Crippen LogP contribution is 2.36. The van der Waals surface area contributed by atoms with Crippen LogP contribution in [0.3, 0.4) is 0 Å². The Balaban J connectivity index is 1.39. The van der Waals surface area contributed by atoms with Gasteiger partial charge in [0.25, 0.3) is 0 Å². The zero-order valence-corrected chi connectivity index (χ0v) is 21.5. The first-order chi connectivity index (χ1) is 19.4. The normalized spacial score (nSPS) is 11.5. The second kappa shape index (κ2) is 10.3. The van der Waals surface area contributed by atoms with E-state index in [0.29, 0.717) is 51.4 Å². The molecule has 0 bridgehead atoms. The number of nitrogens with zero attached hydrogens (tertiary/aromatic N) is 5. The van der Waals surface area contributed by atoms with Gasteiger partial charge in [-0.15, -0.1) is 0 Å². The number of anilines is 4. The van der Waals surface area contributed by atoms with Crippen LogP contribution in [0.2, 0.25) is 0 Å². The number of hydrogen-bond donors (Lipinski definition) is 2. The molecule has 3 N–H and O–H groups in total. The summed E-state index contributed by atoms with van der Waals surface area (Å²) >= 11 is 0. The van der Waals surface area contributed by atoms with Crippen LogP contribution in [0, 0.1) is 5.82 Å². The molecule has 5 rings (SSSR count). The number of nitrogens with two attached hydrogens (primary N) is 1. The summed E-state index contributed by atoms with van der Waals surface area (Å²) in [5.74, 6) is 0.000694. The van der Waals surface area contributed by atoms with Gasteiger partial charge in [0.05, 0.1) is 34.3 Å². The summed E-state index contributed by atoms with van der Waals surface area (Å²) in [6.07, 6.45) is -1.51. The van der Waals surface area contributed by atoms with Crippen LogP contribution in [0.5, 0.6) is 11.5 Å². The molecule has 3 aromatic carbocycles. The van der Waals surface area contributed by atoms with Gasteiger partial charge >= 0.3 is 12.2 Å². The van der Waals surface area contributed by atoms with Crippen molar-refractivity contribution in [1.82, 2.24) is 19.5 Å². The maximum atomic E-state index is 14.5. The van der Waals surface area contributed by atoms with Crippen molar-refractivity contribution in [1.29, 1.82) is 0 Å². The number of benzene rings is 3. The summed E-state index contributed by atoms with van der Waals surface area (Å²) in [4.78, 5) is 38.2. The summed E-state index contributed by atoms with van der Waals surface area (Å²) in [6.45, 7) is 1.39. The predicted molar refractivity (Wildman–Crippen MR) is 142 cm³/mol. The van der Waals surface area contributed by atoms with Crippen molar-refractivity contribution in [2.24, 2.45) is 12.8 Å². The number of nitrogens with one attached hydrogen (secondary N) is 1. The molecule has 14 heteroatoms. The Labute approximate surface area is 229 Å². The largest absolute Gasteiger partial charge is 0.457 e. The Kier molecular flexibility index (Phi) is 6.82. The molecule has 0 fully saturated rings. The molecule has 41 heavy (non-hydrogen) atoms. The molecule has 3 amide bonds. The van der Waals surface area contributed by atoms with Crippen molar-refractivity contribution < 1.29 is 31.9 Å². The van der Waals surface area contributed by atoms with Crippen molar-refractivity contribution in [2.75, 3.05) is 9.80 Å². The zero-order chi connectivity index (χ0) is 29.5. The molecule has 210 valence electrons. The lowest BCUT2D eigenvalue weighted by atomic mass is 10.1. The number of fused-ring (bicyclic) bond motifs is 1. The number of rotatable bonds is 6. The molecule has 0 unspecified atom stereocenters. The smallest absolute Gasteiger partial charge is 0.416 e. The number of urea groups is 1. The molecule has 0 aliphatic rings. The van der Waals surface area contributed by atoms with Crippen molar-refractivity contribution in [3.8, 4) is 11.5 Å². The second-order valence-corrected chi connectivity index (χ2v) is 8.92. The van der Waals surface area contributed by atoms with Crippen LogP contribution >= 0.6 is 0 Å². The van der Waals surface area contributed by atoms with Gasteiger partial charge in [-0.1, -0.05) is 0 Å². The van der Waals surface area contributed by atoms with Crippen LogP contribution in [-0.4, -0.2) is 31.5 Å². The lowest BCUT2D eigenvalue weighted by Crippen LogP contribution is -2.32. The van der Waals surface area contributed by atoms with E-state index < -0.39 is 29.3 Å². The number of ether oxygens (including phenoxy) is 1. The minimum atomic E-state index is -4.75. The number of aromatic nitrogens is 4. The van der Waals surface area contributed by atoms with Gasteiger partial charge in [-0.25, -0.2) is 24.1 Å². The maximum Gasteiger partial charge on any atom is 0.416 e. The zero-order valence-electron chi connectivity index (χ0n) is 21.5. The van der Waals surface area contributed by atoms with Gasteiger partial charge in [-0.2, -0.15) is 13.2 Å². The number of primary amides is 1. The number of alkyl halides is 3. The fourth-order valence-electron chi connectivity index (χ4n) is 4.12. The summed E-state index contributed by atoms with van der Waals surface area (Å²) in [5.41, 5.74) is 4.76. The molecule has 0 saturated carbocycles. The lowest BCUT2D eigenvalue weighted by Gasteiger charge is -2.22. The van der Waals surface area contributed by atoms with Gasteiger partial charge in [0.1, 0.15) is 17.3 Å². The number of hydrogen-bond acceptors (Lipinski definition) is 5. The predicted octanol–water partition coefficient (Wildman–Crippen LogP) is 6.15. The summed E-state index contributed by atoms with van der Waals surface area (Å²) < 4.78 is 61.6. The highest BCUT2D eigenvalue weighted by Gasteiger charge is 2.32. The topological polar surface area (TPSA) is 122 Å². The van der Waals surface area contributed by atoms with E-state index in [1.165, 1.54) is 36.1 Å². The SMILES string of the molecule is CC(=O)N(c1cn(C)cn1)c1nc2ccc(Oc3ccc(N(C(N)=O)c4cc(C(F)(F)F)ccc4F)cc3)cc2[nH]1. The molecule has 0 saturated heterocycles. The number of carbonyl (C=O) groups excluding carboxylic acids is 2. The number of imidazole rings is 2. The molecule has 0 radical (unpaired) electrons. The Hall–Kier alpha value is -5.40. The molecule has 10 nitrogen and oxygen atoms in total. The van der Waals surface area contributed by atoms with Crippen molar-refractivity contribution in [3.63, 3.8) is 0 Å². The number of H-pyrrole nitrogens is 1. The molecule has 0 atom stereocenters. The van der Waals surface area contributed by atoms with E-state index in [4.69, 9.17) is 10.5 Å². The highest BCUT2D eigenvalue weighted by molar-refractivity contribution is 5.99. The number of aromatic amines is 1. The third-order valence-corrected chi connectivity index (χ3v) is 5.95. The minimum Gasteiger partial charge on any atom is -0.457 e. The number of halogens is 4. The molecular formula is C27H21F4N7O3. The third-order valence-electron chi connectivity index (χ3n) is 5.95. The van der Waals surface area contributed by atoms with Crippen LogP contribution in [0.25, 0.3) is 11.0 Å². The van der Waals surface area contributed by atoms with Gasteiger partial charge < -0.3 is 20.0 Å². The van der Waals surface area contributed by atoms with Crippen molar-refractivity contribution in [2.45, 2.75) is 13.1 Å². The van der Waals surface area contributed by atoms with E-state index in [2.05, 4.69) is 15.0 Å². The van der Waals surface area contributed by atoms with Crippen LogP contribution in [0.15, 0.2) is 73.2 Å². The first-order valence-corrected chi connectivity index (χ1v) is 11.9. The third kappa shape index (κ3) is 5.52.